The third-order valence-electron chi connectivity index (χ3n) is 5.83. The maximum Gasteiger partial charge on any atom is 0.323 e. The zero-order chi connectivity index (χ0) is 24.8. The summed E-state index contributed by atoms with van der Waals surface area (Å²) in [4.78, 5) is 43.2. The van der Waals surface area contributed by atoms with Crippen molar-refractivity contribution in [2.75, 3.05) is 19.7 Å². The van der Waals surface area contributed by atoms with Gasteiger partial charge in [0.25, 0.3) is 0 Å². The van der Waals surface area contributed by atoms with Crippen molar-refractivity contribution in [3.05, 3.63) is 58.6 Å². The Morgan fingerprint density at radius 3 is 2.69 bits per heavy atom. The Morgan fingerprint density at radius 2 is 1.91 bits per heavy atom. The number of benzene rings is 2. The van der Waals surface area contributed by atoms with Crippen molar-refractivity contribution in [1.29, 1.82) is 0 Å². The summed E-state index contributed by atoms with van der Waals surface area (Å²) in [5.74, 6) is 0.0255. The number of aliphatic carboxylic acids is 1. The van der Waals surface area contributed by atoms with Crippen LogP contribution in [0.3, 0.4) is 0 Å². The fourth-order valence-corrected chi connectivity index (χ4v) is 4.21. The number of carbonyl (C=O) groups is 3. The number of unbranched alkanes of at least 4 members (excludes halogenated alkanes) is 2. The van der Waals surface area contributed by atoms with Gasteiger partial charge in [-0.05, 0) is 49.1 Å². The first-order valence-electron chi connectivity index (χ1n) is 11.5. The molecule has 2 aliphatic heterocycles. The van der Waals surface area contributed by atoms with Crippen molar-refractivity contribution < 1.29 is 24.2 Å². The van der Waals surface area contributed by atoms with Crippen molar-refractivity contribution in [1.82, 2.24) is 15.1 Å². The highest BCUT2D eigenvalue weighted by Crippen LogP contribution is 2.34. The van der Waals surface area contributed by atoms with Gasteiger partial charge in [-0.3, -0.25) is 19.7 Å². The average molecular weight is 499 g/mol. The predicted octanol–water partition coefficient (Wildman–Crippen LogP) is 3.33. The van der Waals surface area contributed by atoms with Gasteiger partial charge in [0.1, 0.15) is 18.8 Å². The number of nitrogens with one attached hydrogen (secondary N) is 1. The van der Waals surface area contributed by atoms with E-state index < -0.39 is 5.97 Å². The molecule has 9 nitrogen and oxygen atoms in total. The van der Waals surface area contributed by atoms with Crippen LogP contribution in [0.4, 0.5) is 5.69 Å². The largest absolute Gasteiger partial charge is 0.493 e. The van der Waals surface area contributed by atoms with E-state index in [1.807, 2.05) is 23.1 Å². The molecule has 2 N–H and O–H groups in total. The van der Waals surface area contributed by atoms with Crippen LogP contribution in [0, 0.1) is 0 Å². The van der Waals surface area contributed by atoms with E-state index in [0.29, 0.717) is 30.6 Å². The molecule has 1 fully saturated rings. The average Bonchev–Trinajstić information content (AvgIpc) is 3.19. The van der Waals surface area contributed by atoms with Crippen molar-refractivity contribution in [3.8, 4) is 5.75 Å². The SMILES string of the molecule is O=C(O)CN(Cc1ccc(Cl)cc1)C(=O)CCCCCOc1cccc2c1CN1CC(=O)NC1=N2. The Bertz CT molecular complexity index is 1140. The van der Waals surface area contributed by atoms with Crippen molar-refractivity contribution in [2.45, 2.75) is 38.8 Å². The molecule has 0 radical (unpaired) electrons. The molecule has 2 aliphatic rings. The number of carboxylic acids is 1. The fourth-order valence-electron chi connectivity index (χ4n) is 4.08. The minimum atomic E-state index is -1.04. The third-order valence-corrected chi connectivity index (χ3v) is 6.08. The topological polar surface area (TPSA) is 112 Å². The first-order valence-corrected chi connectivity index (χ1v) is 11.9. The summed E-state index contributed by atoms with van der Waals surface area (Å²) in [5.41, 5.74) is 2.57. The molecule has 10 heteroatoms. The second kappa shape index (κ2) is 11.2. The van der Waals surface area contributed by atoms with Gasteiger partial charge in [-0.15, -0.1) is 0 Å². The molecule has 35 heavy (non-hydrogen) atoms. The predicted molar refractivity (Wildman–Crippen MR) is 131 cm³/mol. The Balaban J connectivity index is 1.22. The first-order chi connectivity index (χ1) is 16.9. The molecule has 2 heterocycles. The minimum Gasteiger partial charge on any atom is -0.493 e. The maximum absolute atomic E-state index is 12.6. The smallest absolute Gasteiger partial charge is 0.323 e. The summed E-state index contributed by atoms with van der Waals surface area (Å²) in [6.07, 6.45) is 2.44. The molecule has 2 amide bonds. The molecule has 0 bridgehead atoms. The van der Waals surface area contributed by atoms with E-state index in [2.05, 4.69) is 10.3 Å². The molecule has 0 spiro atoms. The van der Waals surface area contributed by atoms with Crippen molar-refractivity contribution in [2.24, 2.45) is 4.99 Å². The number of carbonyl (C=O) groups excluding carboxylic acids is 2. The van der Waals surface area contributed by atoms with E-state index in [9.17, 15) is 19.5 Å². The molecule has 0 aliphatic carbocycles. The first kappa shape index (κ1) is 24.5. The molecule has 2 aromatic carbocycles. The summed E-state index contributed by atoms with van der Waals surface area (Å²) in [7, 11) is 0. The molecule has 0 aromatic heterocycles. The van der Waals surface area contributed by atoms with Crippen LogP contribution in [0.25, 0.3) is 0 Å². The number of aliphatic imine (C=N–C) groups is 1. The Morgan fingerprint density at radius 1 is 1.11 bits per heavy atom. The van der Waals surface area contributed by atoms with E-state index in [1.54, 1.807) is 24.3 Å². The molecule has 4 rings (SSSR count). The van der Waals surface area contributed by atoms with E-state index >= 15 is 0 Å². The number of rotatable bonds is 11. The standard InChI is InChI=1S/C25H27ClN4O5/c26-18-10-8-17(9-11-18)13-29(16-24(33)34)23(32)7-2-1-3-12-35-21-6-4-5-20-19(21)14-30-15-22(31)28-25(30)27-20/h4-6,8-11H,1-3,7,12-16H2,(H,33,34)(H,27,28,31). The Kier molecular flexibility index (Phi) is 7.87. The second-order valence-electron chi connectivity index (χ2n) is 8.52. The number of carboxylic acid groups (broad SMARTS) is 1. The van der Waals surface area contributed by atoms with Crippen LogP contribution in [0.1, 0.15) is 36.8 Å². The molecular formula is C25H27ClN4O5. The highest BCUT2D eigenvalue weighted by atomic mass is 35.5. The van der Waals surface area contributed by atoms with Crippen molar-refractivity contribution >= 4 is 41.0 Å². The van der Waals surface area contributed by atoms with E-state index in [0.717, 1.165) is 35.4 Å². The van der Waals surface area contributed by atoms with Crippen LogP contribution < -0.4 is 10.1 Å². The monoisotopic (exact) mass is 498 g/mol. The lowest BCUT2D eigenvalue weighted by atomic mass is 10.1. The van der Waals surface area contributed by atoms with E-state index in [1.165, 1.54) is 4.90 Å². The quantitative estimate of drug-likeness (QED) is 0.460. The minimum absolute atomic E-state index is 0.0661. The zero-order valence-corrected chi connectivity index (χ0v) is 20.0. The van der Waals surface area contributed by atoms with Crippen LogP contribution in [0.15, 0.2) is 47.5 Å². The van der Waals surface area contributed by atoms with Crippen LogP contribution in [0.5, 0.6) is 5.75 Å². The third kappa shape index (κ3) is 6.51. The van der Waals surface area contributed by atoms with Crippen LogP contribution in [-0.4, -0.2) is 58.3 Å². The summed E-state index contributed by atoms with van der Waals surface area (Å²) in [6.45, 7) is 1.23. The van der Waals surface area contributed by atoms with Gasteiger partial charge in [0, 0.05) is 23.6 Å². The molecule has 184 valence electrons. The maximum atomic E-state index is 12.6. The highest BCUT2D eigenvalue weighted by Gasteiger charge is 2.30. The lowest BCUT2D eigenvalue weighted by Gasteiger charge is -2.24. The van der Waals surface area contributed by atoms with Gasteiger partial charge in [0.15, 0.2) is 0 Å². The molecule has 2 aromatic rings. The highest BCUT2D eigenvalue weighted by molar-refractivity contribution is 6.30. The zero-order valence-electron chi connectivity index (χ0n) is 19.2. The Labute approximate surface area is 208 Å². The molecule has 1 saturated heterocycles. The molecular weight excluding hydrogens is 472 g/mol. The van der Waals surface area contributed by atoms with Gasteiger partial charge >= 0.3 is 5.97 Å². The van der Waals surface area contributed by atoms with Crippen LogP contribution in [0.2, 0.25) is 5.02 Å². The summed E-state index contributed by atoms with van der Waals surface area (Å²) in [6, 6.07) is 12.7. The van der Waals surface area contributed by atoms with Crippen LogP contribution in [-0.2, 0) is 27.5 Å². The fraction of sp³-hybridized carbons (Fsp3) is 0.360. The number of nitrogens with zero attached hydrogens (tertiary/aromatic N) is 3. The number of ether oxygens (including phenoxy) is 1. The second-order valence-corrected chi connectivity index (χ2v) is 8.96. The molecule has 0 saturated carbocycles. The number of halogens is 1. The summed E-state index contributed by atoms with van der Waals surface area (Å²) in [5, 5.41) is 12.5. The lowest BCUT2D eigenvalue weighted by molar-refractivity contribution is -0.145. The van der Waals surface area contributed by atoms with Gasteiger partial charge < -0.3 is 19.6 Å². The van der Waals surface area contributed by atoms with Crippen molar-refractivity contribution in [3.63, 3.8) is 0 Å². The summed E-state index contributed by atoms with van der Waals surface area (Å²) < 4.78 is 5.99. The summed E-state index contributed by atoms with van der Waals surface area (Å²) >= 11 is 5.90. The normalized spacial score (nSPS) is 14.0. The number of fused-ring (bicyclic) bond motifs is 2. The number of hydrogen-bond donors (Lipinski definition) is 2. The van der Waals surface area contributed by atoms with Gasteiger partial charge in [0.2, 0.25) is 17.8 Å². The van der Waals surface area contributed by atoms with Gasteiger partial charge in [-0.1, -0.05) is 29.8 Å². The van der Waals surface area contributed by atoms with E-state index in [4.69, 9.17) is 16.3 Å². The van der Waals surface area contributed by atoms with E-state index in [-0.39, 0.29) is 37.9 Å². The van der Waals surface area contributed by atoms with Gasteiger partial charge in [0.05, 0.1) is 18.8 Å². The van der Waals surface area contributed by atoms with Crippen LogP contribution >= 0.6 is 11.6 Å². The Hall–Kier alpha value is -3.59. The number of amides is 2. The number of hydrogen-bond acceptors (Lipinski definition) is 6. The number of guanidine groups is 1. The molecule has 0 unspecified atom stereocenters. The van der Waals surface area contributed by atoms with Gasteiger partial charge in [-0.2, -0.15) is 0 Å². The molecule has 0 atom stereocenters. The van der Waals surface area contributed by atoms with Gasteiger partial charge in [-0.25, -0.2) is 4.99 Å². The lowest BCUT2D eigenvalue weighted by Crippen LogP contribution is -2.35.